The molecular weight excluding hydrogens is 364 g/mol. The van der Waals surface area contributed by atoms with Crippen molar-refractivity contribution in [2.75, 3.05) is 11.9 Å². The Balaban J connectivity index is 1.29. The van der Waals surface area contributed by atoms with Crippen LogP contribution in [0.1, 0.15) is 12.0 Å². The van der Waals surface area contributed by atoms with Crippen molar-refractivity contribution in [1.82, 2.24) is 13.7 Å². The number of para-hydroxylation sites is 1. The fourth-order valence-corrected chi connectivity index (χ4v) is 3.44. The maximum atomic E-state index is 12.1. The minimum Gasteiger partial charge on any atom is -0.456 e. The number of esters is 1. The number of carbonyl (C=O) groups is 2. The summed E-state index contributed by atoms with van der Waals surface area (Å²) in [5.41, 5.74) is 3.98. The first-order valence-electron chi connectivity index (χ1n) is 8.42. The fraction of sp³-hybridized carbons (Fsp3) is 0.158. The average Bonchev–Trinajstić information content (AvgIpc) is 3.32. The van der Waals surface area contributed by atoms with Gasteiger partial charge < -0.3 is 15.0 Å². The second-order valence-electron chi connectivity index (χ2n) is 6.01. The van der Waals surface area contributed by atoms with Crippen molar-refractivity contribution in [3.8, 4) is 0 Å². The number of anilines is 1. The number of aryl methyl sites for hydroxylation is 1. The molecule has 0 aliphatic carbocycles. The highest BCUT2D eigenvalue weighted by Gasteiger charge is 2.12. The Labute approximate surface area is 158 Å². The number of aromatic nitrogens is 3. The average molecular weight is 380 g/mol. The minimum atomic E-state index is -0.413. The maximum absolute atomic E-state index is 12.1. The Bertz CT molecular complexity index is 1120. The van der Waals surface area contributed by atoms with Gasteiger partial charge in [0.05, 0.1) is 17.4 Å². The number of hydrogen-bond donors (Lipinski definition) is 2. The van der Waals surface area contributed by atoms with Gasteiger partial charge >= 0.3 is 5.97 Å². The molecule has 0 spiro atoms. The summed E-state index contributed by atoms with van der Waals surface area (Å²) in [7, 11) is 0. The molecule has 4 aromatic rings. The van der Waals surface area contributed by atoms with Gasteiger partial charge in [0.2, 0.25) is 0 Å². The van der Waals surface area contributed by atoms with Gasteiger partial charge in [-0.2, -0.15) is 8.75 Å². The number of amides is 1. The van der Waals surface area contributed by atoms with Crippen LogP contribution in [0.4, 0.5) is 5.69 Å². The molecule has 27 heavy (non-hydrogen) atoms. The second-order valence-corrected chi connectivity index (χ2v) is 6.53. The molecule has 0 saturated heterocycles. The first-order chi connectivity index (χ1) is 13.2. The Hall–Kier alpha value is -3.26. The standard InChI is InChI=1S/C19H16N4O3S/c24-17(21-15-6-3-7-16-19(15)23-27-22-16)11-26-18(25)9-8-12-10-20-14-5-2-1-4-13(12)14/h1-7,10,20H,8-9,11H2,(H,21,24). The van der Waals surface area contributed by atoms with Crippen molar-refractivity contribution in [3.63, 3.8) is 0 Å². The number of benzene rings is 2. The lowest BCUT2D eigenvalue weighted by Crippen LogP contribution is -2.21. The molecule has 2 aromatic carbocycles. The summed E-state index contributed by atoms with van der Waals surface area (Å²) in [4.78, 5) is 27.2. The number of ether oxygens (including phenoxy) is 1. The molecule has 0 saturated carbocycles. The van der Waals surface area contributed by atoms with E-state index < -0.39 is 11.9 Å². The fourth-order valence-electron chi connectivity index (χ4n) is 2.89. The summed E-state index contributed by atoms with van der Waals surface area (Å²) in [6, 6.07) is 13.2. The van der Waals surface area contributed by atoms with E-state index in [1.165, 1.54) is 0 Å². The number of hydrogen-bond acceptors (Lipinski definition) is 6. The van der Waals surface area contributed by atoms with Crippen molar-refractivity contribution < 1.29 is 14.3 Å². The highest BCUT2D eigenvalue weighted by Crippen LogP contribution is 2.21. The first kappa shape index (κ1) is 17.2. The molecule has 4 rings (SSSR count). The van der Waals surface area contributed by atoms with Crippen LogP contribution in [0.2, 0.25) is 0 Å². The van der Waals surface area contributed by atoms with Gasteiger partial charge in [-0.1, -0.05) is 24.3 Å². The lowest BCUT2D eigenvalue weighted by atomic mass is 10.1. The lowest BCUT2D eigenvalue weighted by Gasteiger charge is -2.07. The van der Waals surface area contributed by atoms with Crippen LogP contribution in [0.25, 0.3) is 21.9 Å². The van der Waals surface area contributed by atoms with E-state index in [0.29, 0.717) is 23.1 Å². The molecule has 1 amide bonds. The zero-order valence-electron chi connectivity index (χ0n) is 14.3. The van der Waals surface area contributed by atoms with E-state index in [-0.39, 0.29) is 13.0 Å². The van der Waals surface area contributed by atoms with Gasteiger partial charge in [-0.05, 0) is 30.2 Å². The Morgan fingerprint density at radius 2 is 2.00 bits per heavy atom. The minimum absolute atomic E-state index is 0.209. The van der Waals surface area contributed by atoms with Crippen LogP contribution >= 0.6 is 11.7 Å². The molecule has 0 unspecified atom stereocenters. The molecule has 2 heterocycles. The third kappa shape index (κ3) is 3.80. The number of fused-ring (bicyclic) bond motifs is 2. The normalized spacial score (nSPS) is 11.0. The summed E-state index contributed by atoms with van der Waals surface area (Å²) in [5.74, 6) is -0.820. The molecule has 7 nitrogen and oxygen atoms in total. The number of nitrogens with one attached hydrogen (secondary N) is 2. The zero-order chi connectivity index (χ0) is 18.6. The molecule has 136 valence electrons. The predicted molar refractivity (Wildman–Crippen MR) is 104 cm³/mol. The van der Waals surface area contributed by atoms with Crippen LogP contribution in [-0.4, -0.2) is 32.2 Å². The van der Waals surface area contributed by atoms with Gasteiger partial charge in [0, 0.05) is 23.5 Å². The molecular formula is C19H16N4O3S. The Morgan fingerprint density at radius 3 is 2.93 bits per heavy atom. The predicted octanol–water partition coefficient (Wildman–Crippen LogP) is 3.29. The monoisotopic (exact) mass is 380 g/mol. The Kier molecular flexibility index (Phi) is 4.80. The van der Waals surface area contributed by atoms with E-state index in [2.05, 4.69) is 19.0 Å². The van der Waals surface area contributed by atoms with Gasteiger partial charge in [-0.15, -0.1) is 0 Å². The quantitative estimate of drug-likeness (QED) is 0.500. The number of aromatic amines is 1. The van der Waals surface area contributed by atoms with Crippen LogP contribution < -0.4 is 5.32 Å². The third-order valence-electron chi connectivity index (χ3n) is 4.20. The smallest absolute Gasteiger partial charge is 0.306 e. The molecule has 2 N–H and O–H groups in total. The molecule has 0 aliphatic rings. The van der Waals surface area contributed by atoms with Crippen molar-refractivity contribution >= 4 is 51.2 Å². The van der Waals surface area contributed by atoms with E-state index in [0.717, 1.165) is 28.2 Å². The van der Waals surface area contributed by atoms with Crippen LogP contribution in [-0.2, 0) is 20.7 Å². The number of rotatable bonds is 6. The van der Waals surface area contributed by atoms with E-state index in [1.807, 2.05) is 36.5 Å². The summed E-state index contributed by atoms with van der Waals surface area (Å²) in [6.45, 7) is -0.333. The molecule has 0 radical (unpaired) electrons. The summed E-state index contributed by atoms with van der Waals surface area (Å²) in [6.07, 6.45) is 2.65. The molecule has 0 fully saturated rings. The molecule has 0 aliphatic heterocycles. The van der Waals surface area contributed by atoms with E-state index in [9.17, 15) is 9.59 Å². The van der Waals surface area contributed by atoms with E-state index in [1.54, 1.807) is 12.1 Å². The SMILES string of the molecule is O=C(COC(=O)CCc1c[nH]c2ccccc12)Nc1cccc2nsnc12. The molecule has 2 aromatic heterocycles. The number of H-pyrrole nitrogens is 1. The lowest BCUT2D eigenvalue weighted by molar-refractivity contribution is -0.147. The van der Waals surface area contributed by atoms with Gasteiger partial charge in [0.15, 0.2) is 6.61 Å². The second kappa shape index (κ2) is 7.55. The Morgan fingerprint density at radius 1 is 1.11 bits per heavy atom. The van der Waals surface area contributed by atoms with Crippen LogP contribution in [0.3, 0.4) is 0 Å². The van der Waals surface area contributed by atoms with Gasteiger partial charge in [-0.25, -0.2) is 0 Å². The van der Waals surface area contributed by atoms with E-state index >= 15 is 0 Å². The summed E-state index contributed by atoms with van der Waals surface area (Å²) >= 11 is 1.08. The van der Waals surface area contributed by atoms with Crippen molar-refractivity contribution in [1.29, 1.82) is 0 Å². The highest BCUT2D eigenvalue weighted by molar-refractivity contribution is 7.00. The van der Waals surface area contributed by atoms with Gasteiger partial charge in [0.25, 0.3) is 5.91 Å². The van der Waals surface area contributed by atoms with Crippen molar-refractivity contribution in [3.05, 3.63) is 54.2 Å². The summed E-state index contributed by atoms with van der Waals surface area (Å²) in [5, 5.41) is 3.79. The zero-order valence-corrected chi connectivity index (χ0v) is 15.1. The number of nitrogens with zero attached hydrogens (tertiary/aromatic N) is 2. The van der Waals surface area contributed by atoms with E-state index in [4.69, 9.17) is 4.74 Å². The van der Waals surface area contributed by atoms with Crippen LogP contribution in [0.5, 0.6) is 0 Å². The largest absolute Gasteiger partial charge is 0.456 e. The third-order valence-corrected chi connectivity index (χ3v) is 4.74. The van der Waals surface area contributed by atoms with Crippen LogP contribution in [0.15, 0.2) is 48.7 Å². The van der Waals surface area contributed by atoms with Gasteiger partial charge in [-0.3, -0.25) is 9.59 Å². The molecule has 0 bridgehead atoms. The highest BCUT2D eigenvalue weighted by atomic mass is 32.1. The van der Waals surface area contributed by atoms with Crippen molar-refractivity contribution in [2.24, 2.45) is 0 Å². The first-order valence-corrected chi connectivity index (χ1v) is 9.15. The topological polar surface area (TPSA) is 97.0 Å². The van der Waals surface area contributed by atoms with Crippen molar-refractivity contribution in [2.45, 2.75) is 12.8 Å². The van der Waals surface area contributed by atoms with Crippen LogP contribution in [0, 0.1) is 0 Å². The number of carbonyl (C=O) groups excluding carboxylic acids is 2. The summed E-state index contributed by atoms with van der Waals surface area (Å²) < 4.78 is 13.4. The van der Waals surface area contributed by atoms with Gasteiger partial charge in [0.1, 0.15) is 11.0 Å². The molecule has 0 atom stereocenters. The molecule has 8 heteroatoms. The maximum Gasteiger partial charge on any atom is 0.306 e.